The highest BCUT2D eigenvalue weighted by atomic mass is 15.0. The maximum absolute atomic E-state index is 7.76. The van der Waals surface area contributed by atoms with Crippen LogP contribution in [-0.4, -0.2) is 17.7 Å². The van der Waals surface area contributed by atoms with Gasteiger partial charge in [-0.05, 0) is 24.5 Å². The topological polar surface area (TPSA) is 74.8 Å². The van der Waals surface area contributed by atoms with Gasteiger partial charge in [0, 0.05) is 18.3 Å². The number of nitrogens with two attached hydrogens (primary N) is 1. The molecule has 1 rings (SSSR count). The second kappa shape index (κ2) is 4.29. The highest BCUT2D eigenvalue weighted by Crippen LogP contribution is 2.26. The first-order valence-corrected chi connectivity index (χ1v) is 5.01. The average molecular weight is 206 g/mol. The van der Waals surface area contributed by atoms with Crippen LogP contribution in [0, 0.1) is 5.41 Å². The largest absolute Gasteiger partial charge is 0.384 e. The van der Waals surface area contributed by atoms with Crippen LogP contribution < -0.4 is 11.1 Å². The van der Waals surface area contributed by atoms with Gasteiger partial charge in [0.05, 0.1) is 0 Å². The highest BCUT2D eigenvalue weighted by molar-refractivity contribution is 6.02. The van der Waals surface area contributed by atoms with E-state index < -0.39 is 0 Å². The molecule has 0 saturated heterocycles. The molecule has 4 nitrogen and oxygen atoms in total. The fourth-order valence-corrected chi connectivity index (χ4v) is 1.62. The third-order valence-corrected chi connectivity index (χ3v) is 2.30. The van der Waals surface area contributed by atoms with Crippen LogP contribution in [0.2, 0.25) is 0 Å². The molecule has 1 aromatic heterocycles. The van der Waals surface area contributed by atoms with E-state index in [9.17, 15) is 0 Å². The maximum atomic E-state index is 7.76. The lowest BCUT2D eigenvalue weighted by Crippen LogP contribution is -2.10. The van der Waals surface area contributed by atoms with Crippen molar-refractivity contribution in [2.24, 2.45) is 0 Å². The number of rotatable bonds is 3. The van der Waals surface area contributed by atoms with Crippen molar-refractivity contribution in [2.75, 3.05) is 18.1 Å². The Labute approximate surface area is 90.4 Å². The molecule has 0 aromatic carbocycles. The number of nitrogen functional groups attached to an aromatic ring is 1. The van der Waals surface area contributed by atoms with Crippen LogP contribution in [0.25, 0.3) is 0 Å². The zero-order chi connectivity index (χ0) is 11.6. The van der Waals surface area contributed by atoms with Crippen LogP contribution in [0.1, 0.15) is 37.8 Å². The molecule has 0 fully saturated rings. The molecule has 0 saturated carbocycles. The Morgan fingerprint density at radius 3 is 2.53 bits per heavy atom. The molecule has 4 heteroatoms. The number of anilines is 2. The number of hydrogen-bond donors (Lipinski definition) is 3. The first kappa shape index (κ1) is 11.5. The van der Waals surface area contributed by atoms with Crippen molar-refractivity contribution in [2.45, 2.75) is 26.7 Å². The SMILES string of the molecule is CNc1nc(N)cc(C(C)C)c1C(C)=N. The standard InChI is InChI=1S/C11H18N4/c1-6(2)8-5-9(13)15-11(14-4)10(8)7(3)12/h5-6,12H,1-4H3,(H3,13,14,15). The van der Waals surface area contributed by atoms with Crippen LogP contribution >= 0.6 is 0 Å². The first-order chi connectivity index (χ1) is 6.97. The molecule has 0 aliphatic carbocycles. The van der Waals surface area contributed by atoms with Gasteiger partial charge in [-0.2, -0.15) is 0 Å². The van der Waals surface area contributed by atoms with Gasteiger partial charge in [-0.15, -0.1) is 0 Å². The van der Waals surface area contributed by atoms with Crippen LogP contribution in [-0.2, 0) is 0 Å². The summed E-state index contributed by atoms with van der Waals surface area (Å²) in [6, 6.07) is 1.85. The Morgan fingerprint density at radius 2 is 2.13 bits per heavy atom. The summed E-state index contributed by atoms with van der Waals surface area (Å²) in [5, 5.41) is 10.7. The van der Waals surface area contributed by atoms with Crippen LogP contribution in [0.5, 0.6) is 0 Å². The predicted octanol–water partition coefficient (Wildman–Crippen LogP) is 2.22. The molecule has 1 aromatic rings. The zero-order valence-corrected chi connectivity index (χ0v) is 9.68. The fourth-order valence-electron chi connectivity index (χ4n) is 1.62. The van der Waals surface area contributed by atoms with E-state index in [1.807, 2.05) is 6.07 Å². The molecule has 0 spiro atoms. The van der Waals surface area contributed by atoms with Gasteiger partial charge in [0.25, 0.3) is 0 Å². The molecule has 0 aliphatic rings. The van der Waals surface area contributed by atoms with Crippen molar-refractivity contribution >= 4 is 17.3 Å². The molecule has 0 aliphatic heterocycles. The van der Waals surface area contributed by atoms with Gasteiger partial charge in [0.15, 0.2) is 0 Å². The first-order valence-electron chi connectivity index (χ1n) is 5.01. The number of nitrogens with one attached hydrogen (secondary N) is 2. The lowest BCUT2D eigenvalue weighted by atomic mass is 9.95. The number of hydrogen-bond acceptors (Lipinski definition) is 4. The van der Waals surface area contributed by atoms with Gasteiger partial charge in [0.1, 0.15) is 11.6 Å². The predicted molar refractivity (Wildman–Crippen MR) is 64.8 cm³/mol. The maximum Gasteiger partial charge on any atom is 0.137 e. The minimum Gasteiger partial charge on any atom is -0.384 e. The number of aromatic nitrogens is 1. The molecule has 0 atom stereocenters. The summed E-state index contributed by atoms with van der Waals surface area (Å²) in [6.07, 6.45) is 0. The third-order valence-electron chi connectivity index (χ3n) is 2.30. The Kier molecular flexibility index (Phi) is 3.29. The van der Waals surface area contributed by atoms with Gasteiger partial charge in [-0.1, -0.05) is 13.8 Å². The summed E-state index contributed by atoms with van der Waals surface area (Å²) in [5.41, 5.74) is 8.16. The van der Waals surface area contributed by atoms with Crippen molar-refractivity contribution in [3.63, 3.8) is 0 Å². The quantitative estimate of drug-likeness (QED) is 0.664. The Bertz CT molecular complexity index is 382. The molecule has 4 N–H and O–H groups in total. The lowest BCUT2D eigenvalue weighted by molar-refractivity contribution is 0.861. The number of nitrogens with zero attached hydrogens (tertiary/aromatic N) is 1. The average Bonchev–Trinajstić information content (AvgIpc) is 2.15. The summed E-state index contributed by atoms with van der Waals surface area (Å²) in [5.74, 6) is 1.51. The van der Waals surface area contributed by atoms with Crippen LogP contribution in [0.15, 0.2) is 6.07 Å². The van der Waals surface area contributed by atoms with Gasteiger partial charge >= 0.3 is 0 Å². The molecule has 0 bridgehead atoms. The van der Waals surface area contributed by atoms with Crippen LogP contribution in [0.3, 0.4) is 0 Å². The summed E-state index contributed by atoms with van der Waals surface area (Å²) in [6.45, 7) is 5.93. The number of pyridine rings is 1. The molecule has 0 radical (unpaired) electrons. The Balaban J connectivity index is 3.47. The van der Waals surface area contributed by atoms with Crippen molar-refractivity contribution in [3.05, 3.63) is 17.2 Å². The van der Waals surface area contributed by atoms with E-state index in [1.54, 1.807) is 14.0 Å². The van der Waals surface area contributed by atoms with Crippen molar-refractivity contribution < 1.29 is 0 Å². The molecule has 0 amide bonds. The van der Waals surface area contributed by atoms with Gasteiger partial charge < -0.3 is 16.5 Å². The molecule has 82 valence electrons. The Morgan fingerprint density at radius 1 is 1.53 bits per heavy atom. The minimum absolute atomic E-state index is 0.331. The highest BCUT2D eigenvalue weighted by Gasteiger charge is 2.14. The van der Waals surface area contributed by atoms with E-state index in [0.29, 0.717) is 23.3 Å². The van der Waals surface area contributed by atoms with E-state index in [2.05, 4.69) is 24.1 Å². The van der Waals surface area contributed by atoms with Crippen molar-refractivity contribution in [3.8, 4) is 0 Å². The summed E-state index contributed by atoms with van der Waals surface area (Å²) in [7, 11) is 1.79. The molecule has 0 unspecified atom stereocenters. The normalized spacial score (nSPS) is 10.5. The van der Waals surface area contributed by atoms with E-state index in [-0.39, 0.29) is 0 Å². The second-order valence-corrected chi connectivity index (χ2v) is 3.89. The van der Waals surface area contributed by atoms with Crippen molar-refractivity contribution in [1.29, 1.82) is 5.41 Å². The monoisotopic (exact) mass is 206 g/mol. The Hall–Kier alpha value is -1.58. The zero-order valence-electron chi connectivity index (χ0n) is 9.68. The molecule has 15 heavy (non-hydrogen) atoms. The molecular formula is C11H18N4. The molecular weight excluding hydrogens is 188 g/mol. The minimum atomic E-state index is 0.331. The fraction of sp³-hybridized carbons (Fsp3) is 0.455. The van der Waals surface area contributed by atoms with E-state index in [0.717, 1.165) is 11.1 Å². The van der Waals surface area contributed by atoms with Crippen LogP contribution in [0.4, 0.5) is 11.6 Å². The lowest BCUT2D eigenvalue weighted by Gasteiger charge is -2.16. The van der Waals surface area contributed by atoms with E-state index in [4.69, 9.17) is 11.1 Å². The van der Waals surface area contributed by atoms with Gasteiger partial charge in [-0.3, -0.25) is 0 Å². The van der Waals surface area contributed by atoms with Gasteiger partial charge in [-0.25, -0.2) is 4.98 Å². The van der Waals surface area contributed by atoms with Gasteiger partial charge in [0.2, 0.25) is 0 Å². The summed E-state index contributed by atoms with van der Waals surface area (Å²) in [4.78, 5) is 4.18. The summed E-state index contributed by atoms with van der Waals surface area (Å²) < 4.78 is 0. The van der Waals surface area contributed by atoms with E-state index >= 15 is 0 Å². The van der Waals surface area contributed by atoms with E-state index in [1.165, 1.54) is 0 Å². The summed E-state index contributed by atoms with van der Waals surface area (Å²) >= 11 is 0. The smallest absolute Gasteiger partial charge is 0.137 e. The van der Waals surface area contributed by atoms with Crippen molar-refractivity contribution in [1.82, 2.24) is 4.98 Å². The molecule has 1 heterocycles. The third kappa shape index (κ3) is 2.26. The second-order valence-electron chi connectivity index (χ2n) is 3.89.